The summed E-state index contributed by atoms with van der Waals surface area (Å²) in [7, 11) is 3.18. The van der Waals surface area contributed by atoms with Crippen LogP contribution in [-0.4, -0.2) is 54.9 Å². The van der Waals surface area contributed by atoms with E-state index in [4.69, 9.17) is 4.74 Å². The smallest absolute Gasteiger partial charge is 0.311 e. The van der Waals surface area contributed by atoms with Gasteiger partial charge in [0.15, 0.2) is 11.6 Å². The van der Waals surface area contributed by atoms with Crippen molar-refractivity contribution < 1.29 is 19.0 Å². The number of carboxylic acid groups (broad SMARTS) is 1. The van der Waals surface area contributed by atoms with Gasteiger partial charge in [0.1, 0.15) is 0 Å². The zero-order chi connectivity index (χ0) is 16.9. The van der Waals surface area contributed by atoms with Crippen LogP contribution in [0.4, 0.5) is 16.2 Å². The predicted molar refractivity (Wildman–Crippen MR) is 84.2 cm³/mol. The number of rotatable bonds is 7. The van der Waals surface area contributed by atoms with Gasteiger partial charge in [0.2, 0.25) is 5.95 Å². The summed E-state index contributed by atoms with van der Waals surface area (Å²) in [6.07, 6.45) is 3.67. The van der Waals surface area contributed by atoms with Crippen LogP contribution >= 0.6 is 0 Å². The van der Waals surface area contributed by atoms with Gasteiger partial charge in [-0.1, -0.05) is 0 Å². The van der Waals surface area contributed by atoms with Gasteiger partial charge in [0, 0.05) is 33.9 Å². The van der Waals surface area contributed by atoms with Crippen LogP contribution in [0.3, 0.4) is 0 Å². The van der Waals surface area contributed by atoms with Gasteiger partial charge in [-0.25, -0.2) is 9.37 Å². The van der Waals surface area contributed by atoms with Gasteiger partial charge in [0.05, 0.1) is 11.6 Å². The first-order valence-electron chi connectivity index (χ1n) is 7.70. The van der Waals surface area contributed by atoms with E-state index in [0.29, 0.717) is 44.9 Å². The molecular weight excluding hydrogens is 303 g/mol. The molecule has 0 spiro atoms. The Balaban J connectivity index is 2.19. The minimum atomic E-state index is -0.839. The SMILES string of the molecule is CNc1nc(N2CCCC(CCCOC)(C(=O)O)C2)ncc1F. The van der Waals surface area contributed by atoms with E-state index in [1.54, 1.807) is 14.2 Å². The molecule has 0 saturated carbocycles. The lowest BCUT2D eigenvalue weighted by Gasteiger charge is -2.40. The Labute approximate surface area is 134 Å². The van der Waals surface area contributed by atoms with Crippen LogP contribution in [0.5, 0.6) is 0 Å². The van der Waals surface area contributed by atoms with Crippen LogP contribution < -0.4 is 10.2 Å². The molecule has 1 atom stereocenters. The van der Waals surface area contributed by atoms with Gasteiger partial charge in [-0.05, 0) is 25.7 Å². The molecule has 1 aliphatic rings. The molecule has 0 aromatic carbocycles. The molecule has 1 unspecified atom stereocenters. The van der Waals surface area contributed by atoms with Gasteiger partial charge >= 0.3 is 5.97 Å². The molecule has 1 aromatic rings. The van der Waals surface area contributed by atoms with E-state index in [0.717, 1.165) is 12.6 Å². The number of methoxy groups -OCH3 is 1. The average molecular weight is 326 g/mol. The molecule has 0 aliphatic carbocycles. The molecule has 0 amide bonds. The summed E-state index contributed by atoms with van der Waals surface area (Å²) in [5, 5.41) is 12.4. The maximum Gasteiger partial charge on any atom is 0.311 e. The minimum absolute atomic E-state index is 0.112. The van der Waals surface area contributed by atoms with Crippen LogP contribution in [0, 0.1) is 11.2 Å². The Bertz CT molecular complexity index is 558. The topological polar surface area (TPSA) is 87.6 Å². The van der Waals surface area contributed by atoms with Crippen LogP contribution in [0.1, 0.15) is 25.7 Å². The molecule has 0 radical (unpaired) electrons. The maximum absolute atomic E-state index is 13.5. The molecule has 8 heteroatoms. The Hall–Kier alpha value is -1.96. The molecule has 1 aromatic heterocycles. The lowest BCUT2D eigenvalue weighted by molar-refractivity contribution is -0.150. The lowest BCUT2D eigenvalue weighted by Crippen LogP contribution is -2.48. The summed E-state index contributed by atoms with van der Waals surface area (Å²) in [5.41, 5.74) is -0.839. The Kier molecular flexibility index (Phi) is 5.70. The largest absolute Gasteiger partial charge is 0.481 e. The third-order valence-corrected chi connectivity index (χ3v) is 4.29. The zero-order valence-corrected chi connectivity index (χ0v) is 13.5. The number of piperidine rings is 1. The van der Waals surface area contributed by atoms with Crippen molar-refractivity contribution in [2.24, 2.45) is 5.41 Å². The molecule has 1 fully saturated rings. The van der Waals surface area contributed by atoms with E-state index in [9.17, 15) is 14.3 Å². The van der Waals surface area contributed by atoms with Crippen LogP contribution in [0.2, 0.25) is 0 Å². The molecule has 0 bridgehead atoms. The molecule has 23 heavy (non-hydrogen) atoms. The maximum atomic E-state index is 13.5. The van der Waals surface area contributed by atoms with Gasteiger partial charge in [-0.15, -0.1) is 0 Å². The molecule has 128 valence electrons. The highest BCUT2D eigenvalue weighted by Crippen LogP contribution is 2.36. The number of anilines is 2. The second-order valence-corrected chi connectivity index (χ2v) is 5.82. The first kappa shape index (κ1) is 17.4. The Morgan fingerprint density at radius 3 is 3.04 bits per heavy atom. The van der Waals surface area contributed by atoms with Gasteiger partial charge in [-0.3, -0.25) is 4.79 Å². The van der Waals surface area contributed by atoms with Crippen molar-refractivity contribution in [3.8, 4) is 0 Å². The molecule has 2 N–H and O–H groups in total. The van der Waals surface area contributed by atoms with Crippen molar-refractivity contribution in [2.45, 2.75) is 25.7 Å². The van der Waals surface area contributed by atoms with E-state index < -0.39 is 17.2 Å². The van der Waals surface area contributed by atoms with Crippen molar-refractivity contribution in [3.05, 3.63) is 12.0 Å². The third kappa shape index (κ3) is 3.87. The fourth-order valence-corrected chi connectivity index (χ4v) is 3.03. The minimum Gasteiger partial charge on any atom is -0.481 e. The first-order valence-corrected chi connectivity index (χ1v) is 7.70. The number of aromatic nitrogens is 2. The molecule has 2 rings (SSSR count). The molecular formula is C15H23FN4O3. The quantitative estimate of drug-likeness (QED) is 0.738. The van der Waals surface area contributed by atoms with Crippen LogP contribution in [0.25, 0.3) is 0 Å². The molecule has 7 nitrogen and oxygen atoms in total. The second kappa shape index (κ2) is 7.54. The number of aliphatic carboxylic acids is 1. The van der Waals surface area contributed by atoms with E-state index >= 15 is 0 Å². The number of hydrogen-bond donors (Lipinski definition) is 2. The first-order chi connectivity index (χ1) is 11.0. The highest BCUT2D eigenvalue weighted by molar-refractivity contribution is 5.76. The fourth-order valence-electron chi connectivity index (χ4n) is 3.03. The van der Waals surface area contributed by atoms with Gasteiger partial charge in [-0.2, -0.15) is 4.98 Å². The lowest BCUT2D eigenvalue weighted by atomic mass is 9.76. The van der Waals surface area contributed by atoms with Gasteiger partial charge < -0.3 is 20.1 Å². The summed E-state index contributed by atoms with van der Waals surface area (Å²) in [6, 6.07) is 0. The molecule has 1 aliphatic heterocycles. The summed E-state index contributed by atoms with van der Waals surface area (Å²) in [6.45, 7) is 1.51. The highest BCUT2D eigenvalue weighted by atomic mass is 19.1. The summed E-state index contributed by atoms with van der Waals surface area (Å²) >= 11 is 0. The number of halogens is 1. The number of nitrogens with one attached hydrogen (secondary N) is 1. The summed E-state index contributed by atoms with van der Waals surface area (Å²) < 4.78 is 18.5. The second-order valence-electron chi connectivity index (χ2n) is 5.82. The van der Waals surface area contributed by atoms with Crippen molar-refractivity contribution in [1.29, 1.82) is 0 Å². The predicted octanol–water partition coefficient (Wildman–Crippen LogP) is 1.76. The number of hydrogen-bond acceptors (Lipinski definition) is 6. The van der Waals surface area contributed by atoms with Crippen LogP contribution in [-0.2, 0) is 9.53 Å². The Morgan fingerprint density at radius 1 is 1.61 bits per heavy atom. The Morgan fingerprint density at radius 2 is 2.39 bits per heavy atom. The molecule has 2 heterocycles. The average Bonchev–Trinajstić information content (AvgIpc) is 2.55. The van der Waals surface area contributed by atoms with Crippen LogP contribution in [0.15, 0.2) is 6.20 Å². The van der Waals surface area contributed by atoms with Crippen molar-refractivity contribution in [1.82, 2.24) is 9.97 Å². The van der Waals surface area contributed by atoms with E-state index in [2.05, 4.69) is 15.3 Å². The summed E-state index contributed by atoms with van der Waals surface area (Å²) in [4.78, 5) is 21.8. The monoisotopic (exact) mass is 326 g/mol. The van der Waals surface area contributed by atoms with E-state index in [-0.39, 0.29) is 5.82 Å². The number of carboxylic acids is 1. The van der Waals surface area contributed by atoms with Gasteiger partial charge in [0.25, 0.3) is 0 Å². The van der Waals surface area contributed by atoms with E-state index in [1.807, 2.05) is 4.90 Å². The van der Waals surface area contributed by atoms with Crippen molar-refractivity contribution >= 4 is 17.7 Å². The standard InChI is InChI=1S/C15H23FN4O3/c1-17-12-11(16)9-18-14(19-12)20-7-3-5-15(10-20,13(21)22)6-4-8-23-2/h9H,3-8,10H2,1-2H3,(H,21,22)(H,17,18,19). The zero-order valence-electron chi connectivity index (χ0n) is 13.5. The highest BCUT2D eigenvalue weighted by Gasteiger charge is 2.42. The number of nitrogens with zero attached hydrogens (tertiary/aromatic N) is 3. The normalized spacial score (nSPS) is 21.3. The summed E-state index contributed by atoms with van der Waals surface area (Å²) in [5.74, 6) is -0.874. The van der Waals surface area contributed by atoms with E-state index in [1.165, 1.54) is 0 Å². The van der Waals surface area contributed by atoms with Crippen molar-refractivity contribution in [2.75, 3.05) is 44.1 Å². The third-order valence-electron chi connectivity index (χ3n) is 4.29. The number of ether oxygens (including phenoxy) is 1. The number of carbonyl (C=O) groups is 1. The fraction of sp³-hybridized carbons (Fsp3) is 0.667. The van der Waals surface area contributed by atoms with Crippen molar-refractivity contribution in [3.63, 3.8) is 0 Å². The molecule has 1 saturated heterocycles.